The summed E-state index contributed by atoms with van der Waals surface area (Å²) < 4.78 is 12.8. The lowest BCUT2D eigenvalue weighted by Crippen LogP contribution is -2.47. The molecular formula is C9H9FN2O2. The number of rotatable bonds is 0. The lowest BCUT2D eigenvalue weighted by atomic mass is 9.99. The zero-order valence-corrected chi connectivity index (χ0v) is 7.27. The van der Waals surface area contributed by atoms with Gasteiger partial charge in [0, 0.05) is 6.07 Å². The van der Waals surface area contributed by atoms with Gasteiger partial charge in [-0.2, -0.15) is 5.06 Å². The third-order valence-electron chi connectivity index (χ3n) is 2.24. The maximum absolute atomic E-state index is 12.8. The van der Waals surface area contributed by atoms with Crippen LogP contribution in [0.15, 0.2) is 18.2 Å². The van der Waals surface area contributed by atoms with Crippen LogP contribution in [0.4, 0.5) is 10.1 Å². The van der Waals surface area contributed by atoms with Gasteiger partial charge in [-0.1, -0.05) is 6.07 Å². The molecule has 1 aliphatic heterocycles. The second-order valence-electron chi connectivity index (χ2n) is 3.23. The highest BCUT2D eigenvalue weighted by atomic mass is 19.1. The Morgan fingerprint density at radius 3 is 3.00 bits per heavy atom. The summed E-state index contributed by atoms with van der Waals surface area (Å²) in [7, 11) is 0. The molecule has 0 radical (unpaired) electrons. The molecule has 1 heterocycles. The Morgan fingerprint density at radius 2 is 2.29 bits per heavy atom. The number of carbonyl (C=O) groups is 1. The second-order valence-corrected chi connectivity index (χ2v) is 3.23. The van der Waals surface area contributed by atoms with Crippen molar-refractivity contribution >= 4 is 11.6 Å². The molecule has 1 atom stereocenters. The number of carbonyl (C=O) groups excluding carboxylic acids is 1. The van der Waals surface area contributed by atoms with Gasteiger partial charge in [-0.25, -0.2) is 4.39 Å². The first kappa shape index (κ1) is 9.11. The van der Waals surface area contributed by atoms with E-state index >= 15 is 0 Å². The van der Waals surface area contributed by atoms with E-state index in [-0.39, 0.29) is 5.69 Å². The molecule has 2 rings (SSSR count). The highest BCUT2D eigenvalue weighted by Gasteiger charge is 2.29. The molecule has 3 N–H and O–H groups in total. The van der Waals surface area contributed by atoms with Crippen LogP contribution in [0.1, 0.15) is 5.56 Å². The third kappa shape index (κ3) is 1.26. The van der Waals surface area contributed by atoms with Crippen molar-refractivity contribution in [1.29, 1.82) is 0 Å². The van der Waals surface area contributed by atoms with Crippen molar-refractivity contribution in [3.63, 3.8) is 0 Å². The number of amides is 1. The van der Waals surface area contributed by atoms with Crippen LogP contribution in [0.5, 0.6) is 0 Å². The fourth-order valence-corrected chi connectivity index (χ4v) is 1.51. The van der Waals surface area contributed by atoms with Crippen LogP contribution in [0.25, 0.3) is 0 Å². The Balaban J connectivity index is 2.51. The number of hydrogen-bond donors (Lipinski definition) is 2. The van der Waals surface area contributed by atoms with Crippen molar-refractivity contribution in [2.75, 3.05) is 5.06 Å². The van der Waals surface area contributed by atoms with E-state index in [0.717, 1.165) is 6.07 Å². The van der Waals surface area contributed by atoms with Crippen molar-refractivity contribution in [3.8, 4) is 0 Å². The average Bonchev–Trinajstić information content (AvgIpc) is 2.16. The van der Waals surface area contributed by atoms with Crippen molar-refractivity contribution in [2.24, 2.45) is 5.73 Å². The van der Waals surface area contributed by atoms with E-state index in [1.54, 1.807) is 0 Å². The number of hydroxylamine groups is 1. The molecule has 5 heteroatoms. The third-order valence-corrected chi connectivity index (χ3v) is 2.24. The lowest BCUT2D eigenvalue weighted by molar-refractivity contribution is -0.125. The van der Waals surface area contributed by atoms with Crippen molar-refractivity contribution < 1.29 is 14.4 Å². The van der Waals surface area contributed by atoms with E-state index < -0.39 is 17.8 Å². The highest BCUT2D eigenvalue weighted by molar-refractivity contribution is 5.98. The quantitative estimate of drug-likeness (QED) is 0.591. The van der Waals surface area contributed by atoms with E-state index in [1.165, 1.54) is 12.1 Å². The number of benzene rings is 1. The monoisotopic (exact) mass is 196 g/mol. The van der Waals surface area contributed by atoms with Crippen molar-refractivity contribution in [3.05, 3.63) is 29.6 Å². The number of nitrogens with two attached hydrogens (primary N) is 1. The minimum absolute atomic E-state index is 0.178. The molecule has 0 aromatic heterocycles. The van der Waals surface area contributed by atoms with Gasteiger partial charge in [0.05, 0.1) is 11.7 Å². The van der Waals surface area contributed by atoms with Gasteiger partial charge in [0.2, 0.25) is 0 Å². The van der Waals surface area contributed by atoms with E-state index in [0.29, 0.717) is 17.0 Å². The highest BCUT2D eigenvalue weighted by Crippen LogP contribution is 2.26. The first-order chi connectivity index (χ1) is 6.59. The van der Waals surface area contributed by atoms with Gasteiger partial charge in [0.1, 0.15) is 5.82 Å². The molecule has 4 nitrogen and oxygen atoms in total. The maximum Gasteiger partial charge on any atom is 0.267 e. The van der Waals surface area contributed by atoms with Crippen LogP contribution in [0, 0.1) is 5.82 Å². The summed E-state index contributed by atoms with van der Waals surface area (Å²) in [6, 6.07) is 3.15. The summed E-state index contributed by atoms with van der Waals surface area (Å²) in [6.45, 7) is 0. The van der Waals surface area contributed by atoms with Crippen LogP contribution in [-0.2, 0) is 11.2 Å². The molecule has 14 heavy (non-hydrogen) atoms. The van der Waals surface area contributed by atoms with E-state index in [2.05, 4.69) is 0 Å². The summed E-state index contributed by atoms with van der Waals surface area (Å²) in [5.41, 5.74) is 6.32. The molecule has 0 fully saturated rings. The molecule has 0 unspecified atom stereocenters. The van der Waals surface area contributed by atoms with E-state index in [4.69, 9.17) is 5.73 Å². The van der Waals surface area contributed by atoms with Gasteiger partial charge >= 0.3 is 0 Å². The smallest absolute Gasteiger partial charge is 0.267 e. The summed E-state index contributed by atoms with van der Waals surface area (Å²) in [5, 5.41) is 9.77. The Hall–Kier alpha value is -1.46. The number of hydrogen-bond acceptors (Lipinski definition) is 3. The van der Waals surface area contributed by atoms with Crippen LogP contribution >= 0.6 is 0 Å². The molecule has 0 saturated carbocycles. The zero-order chi connectivity index (χ0) is 10.3. The standard InChI is InChI=1S/C9H9FN2O2/c10-6-2-1-5-3-7(11)9(13)12(14)8(5)4-6/h1-2,4,7,14H,3,11H2/t7-/m1/s1. The van der Waals surface area contributed by atoms with Gasteiger partial charge in [-0.15, -0.1) is 0 Å². The molecule has 0 aliphatic carbocycles. The minimum Gasteiger partial charge on any atom is -0.320 e. The Bertz CT molecular complexity index is 394. The number of fused-ring (bicyclic) bond motifs is 1. The largest absolute Gasteiger partial charge is 0.320 e. The molecule has 0 saturated heterocycles. The molecule has 0 bridgehead atoms. The number of nitrogens with zero attached hydrogens (tertiary/aromatic N) is 1. The lowest BCUT2D eigenvalue weighted by Gasteiger charge is -2.27. The number of halogens is 1. The minimum atomic E-state index is -0.752. The molecule has 1 aliphatic rings. The number of anilines is 1. The topological polar surface area (TPSA) is 66.6 Å². The van der Waals surface area contributed by atoms with Crippen LogP contribution in [0.3, 0.4) is 0 Å². The summed E-state index contributed by atoms with van der Waals surface area (Å²) >= 11 is 0. The first-order valence-corrected chi connectivity index (χ1v) is 4.16. The van der Waals surface area contributed by atoms with Gasteiger partial charge in [0.15, 0.2) is 0 Å². The molecule has 74 valence electrons. The predicted octanol–water partition coefficient (Wildman–Crippen LogP) is 0.431. The molecule has 1 amide bonds. The maximum atomic E-state index is 12.8. The van der Waals surface area contributed by atoms with Crippen LogP contribution in [-0.4, -0.2) is 17.2 Å². The molecular weight excluding hydrogens is 187 g/mol. The average molecular weight is 196 g/mol. The van der Waals surface area contributed by atoms with Gasteiger partial charge in [-0.05, 0) is 18.1 Å². The summed E-state index contributed by atoms with van der Waals surface area (Å²) in [6.07, 6.45) is 0.325. The summed E-state index contributed by atoms with van der Waals surface area (Å²) in [5.74, 6) is -1.10. The first-order valence-electron chi connectivity index (χ1n) is 4.16. The Labute approximate surface area is 79.7 Å². The molecule has 1 aromatic rings. The van der Waals surface area contributed by atoms with Crippen molar-refractivity contribution in [1.82, 2.24) is 0 Å². The van der Waals surface area contributed by atoms with Gasteiger partial charge in [0.25, 0.3) is 5.91 Å². The zero-order valence-electron chi connectivity index (χ0n) is 7.27. The van der Waals surface area contributed by atoms with Gasteiger partial charge < -0.3 is 5.73 Å². The SMILES string of the molecule is N[C@@H]1Cc2ccc(F)cc2N(O)C1=O. The summed E-state index contributed by atoms with van der Waals surface area (Å²) in [4.78, 5) is 11.2. The van der Waals surface area contributed by atoms with Crippen LogP contribution in [0.2, 0.25) is 0 Å². The predicted molar refractivity (Wildman–Crippen MR) is 47.4 cm³/mol. The second kappa shape index (κ2) is 3.04. The molecule has 1 aromatic carbocycles. The van der Waals surface area contributed by atoms with Crippen molar-refractivity contribution in [2.45, 2.75) is 12.5 Å². The fraction of sp³-hybridized carbons (Fsp3) is 0.222. The normalized spacial score (nSPS) is 20.9. The van der Waals surface area contributed by atoms with Gasteiger partial charge in [-0.3, -0.25) is 10.0 Å². The Morgan fingerprint density at radius 1 is 1.57 bits per heavy atom. The fourth-order valence-electron chi connectivity index (χ4n) is 1.51. The van der Waals surface area contributed by atoms with E-state index in [1.807, 2.05) is 0 Å². The van der Waals surface area contributed by atoms with Crippen LogP contribution < -0.4 is 10.8 Å². The Kier molecular flexibility index (Phi) is 1.98. The molecule has 0 spiro atoms. The van der Waals surface area contributed by atoms with E-state index in [9.17, 15) is 14.4 Å².